The van der Waals surface area contributed by atoms with Gasteiger partial charge < -0.3 is 15.6 Å². The van der Waals surface area contributed by atoms with E-state index in [-0.39, 0.29) is 0 Å². The fourth-order valence-electron chi connectivity index (χ4n) is 3.16. The lowest BCUT2D eigenvalue weighted by Gasteiger charge is -2.09. The molecule has 3 heterocycles. The zero-order chi connectivity index (χ0) is 21.0. The summed E-state index contributed by atoms with van der Waals surface area (Å²) in [6, 6.07) is 22.0. The minimum absolute atomic E-state index is 0.582. The average Bonchev–Trinajstić information content (AvgIpc) is 3.23. The lowest BCUT2D eigenvalue weighted by Crippen LogP contribution is -1.97. The van der Waals surface area contributed by atoms with Crippen molar-refractivity contribution in [3.05, 3.63) is 79.1 Å². The Morgan fingerprint density at radius 3 is 2.55 bits per heavy atom. The molecule has 0 spiro atoms. The van der Waals surface area contributed by atoms with Gasteiger partial charge in [-0.2, -0.15) is 0 Å². The molecule has 5 rings (SSSR count). The molecule has 0 fully saturated rings. The van der Waals surface area contributed by atoms with Gasteiger partial charge in [0.25, 0.3) is 0 Å². The molecule has 3 aromatic heterocycles. The van der Waals surface area contributed by atoms with Gasteiger partial charge in [0.05, 0.1) is 16.7 Å². The number of aromatic nitrogens is 5. The molecular weight excluding hydrogens is 406 g/mol. The molecule has 152 valence electrons. The minimum atomic E-state index is 0.582. The van der Waals surface area contributed by atoms with E-state index >= 15 is 0 Å². The summed E-state index contributed by atoms with van der Waals surface area (Å²) in [4.78, 5) is 22.2. The number of rotatable bonds is 6. The van der Waals surface area contributed by atoms with Crippen LogP contribution in [0.2, 0.25) is 0 Å². The van der Waals surface area contributed by atoms with Crippen LogP contribution in [-0.4, -0.2) is 32.0 Å². The maximum absolute atomic E-state index is 4.57. The van der Waals surface area contributed by atoms with E-state index in [0.717, 1.165) is 43.8 Å². The largest absolute Gasteiger partial charge is 0.357 e. The van der Waals surface area contributed by atoms with Crippen molar-refractivity contribution in [1.29, 1.82) is 0 Å². The topological polar surface area (TPSA) is 91.4 Å². The van der Waals surface area contributed by atoms with E-state index in [9.17, 15) is 0 Å². The third-order valence-corrected chi connectivity index (χ3v) is 5.67. The number of aromatic amines is 1. The number of benzene rings is 2. The number of pyridine rings is 1. The van der Waals surface area contributed by atoms with Gasteiger partial charge in [0, 0.05) is 35.6 Å². The number of para-hydroxylation sites is 2. The number of H-pyrrole nitrogens is 1. The van der Waals surface area contributed by atoms with E-state index in [4.69, 9.17) is 0 Å². The van der Waals surface area contributed by atoms with Gasteiger partial charge in [-0.25, -0.2) is 19.9 Å². The number of anilines is 3. The predicted molar refractivity (Wildman–Crippen MR) is 125 cm³/mol. The second kappa shape index (κ2) is 8.45. The first kappa shape index (κ1) is 19.1. The maximum atomic E-state index is 4.57. The molecule has 0 aliphatic carbocycles. The van der Waals surface area contributed by atoms with Crippen LogP contribution in [0, 0.1) is 0 Å². The summed E-state index contributed by atoms with van der Waals surface area (Å²) in [5.74, 6) is 1.30. The lowest BCUT2D eigenvalue weighted by molar-refractivity contribution is 1.10. The highest BCUT2D eigenvalue weighted by molar-refractivity contribution is 7.99. The Morgan fingerprint density at radius 2 is 1.71 bits per heavy atom. The van der Waals surface area contributed by atoms with Gasteiger partial charge in [0.1, 0.15) is 5.03 Å². The van der Waals surface area contributed by atoms with E-state index in [0.29, 0.717) is 5.95 Å². The molecule has 0 amide bonds. The van der Waals surface area contributed by atoms with Crippen LogP contribution < -0.4 is 10.6 Å². The first-order valence-electron chi connectivity index (χ1n) is 9.74. The molecule has 0 unspecified atom stereocenters. The normalized spacial score (nSPS) is 10.9. The summed E-state index contributed by atoms with van der Waals surface area (Å²) >= 11 is 1.60. The van der Waals surface area contributed by atoms with E-state index < -0.39 is 0 Å². The van der Waals surface area contributed by atoms with Gasteiger partial charge >= 0.3 is 0 Å². The third-order valence-electron chi connectivity index (χ3n) is 4.65. The molecular formula is C23H19N7S. The molecule has 2 aromatic carbocycles. The Kier molecular flexibility index (Phi) is 5.20. The molecule has 0 bridgehead atoms. The second-order valence-electron chi connectivity index (χ2n) is 6.73. The van der Waals surface area contributed by atoms with E-state index in [1.165, 1.54) is 0 Å². The zero-order valence-corrected chi connectivity index (χ0v) is 17.5. The number of hydrogen-bond donors (Lipinski definition) is 3. The van der Waals surface area contributed by atoms with Crippen molar-refractivity contribution in [3.63, 3.8) is 0 Å². The van der Waals surface area contributed by atoms with E-state index in [2.05, 4.69) is 47.7 Å². The van der Waals surface area contributed by atoms with Gasteiger partial charge in [-0.05, 0) is 54.6 Å². The van der Waals surface area contributed by atoms with Crippen molar-refractivity contribution in [1.82, 2.24) is 24.9 Å². The van der Waals surface area contributed by atoms with Crippen molar-refractivity contribution in [2.45, 2.75) is 9.92 Å². The third kappa shape index (κ3) is 4.19. The highest BCUT2D eigenvalue weighted by Gasteiger charge is 2.10. The minimum Gasteiger partial charge on any atom is -0.357 e. The summed E-state index contributed by atoms with van der Waals surface area (Å²) in [6.07, 6.45) is 3.54. The Bertz CT molecular complexity index is 1300. The Balaban J connectivity index is 1.35. The fourth-order valence-corrected chi connectivity index (χ4v) is 4.05. The predicted octanol–water partition coefficient (Wildman–Crippen LogP) is 5.35. The molecule has 0 aliphatic rings. The lowest BCUT2D eigenvalue weighted by atomic mass is 10.2. The molecule has 0 atom stereocenters. The van der Waals surface area contributed by atoms with Gasteiger partial charge in [-0.15, -0.1) is 0 Å². The summed E-state index contributed by atoms with van der Waals surface area (Å²) < 4.78 is 0. The van der Waals surface area contributed by atoms with Crippen LogP contribution in [0.3, 0.4) is 0 Å². The Morgan fingerprint density at radius 1 is 0.839 bits per heavy atom. The highest BCUT2D eigenvalue weighted by atomic mass is 32.2. The zero-order valence-electron chi connectivity index (χ0n) is 16.7. The van der Waals surface area contributed by atoms with Crippen LogP contribution >= 0.6 is 11.8 Å². The second-order valence-corrected chi connectivity index (χ2v) is 7.79. The summed E-state index contributed by atoms with van der Waals surface area (Å²) in [6.45, 7) is 0. The molecule has 7 nitrogen and oxygen atoms in total. The van der Waals surface area contributed by atoms with Crippen molar-refractivity contribution >= 4 is 40.4 Å². The van der Waals surface area contributed by atoms with Crippen LogP contribution in [0.25, 0.3) is 22.3 Å². The summed E-state index contributed by atoms with van der Waals surface area (Å²) in [5, 5.41) is 7.19. The SMILES string of the molecule is CNc1nccc(-c2cccnc2Sc2ccc(Nc3nc4ccccc4[nH]3)cc2)n1. The fraction of sp³-hybridized carbons (Fsp3) is 0.0435. The molecule has 5 aromatic rings. The van der Waals surface area contributed by atoms with Crippen molar-refractivity contribution in [3.8, 4) is 11.3 Å². The van der Waals surface area contributed by atoms with E-state index in [1.54, 1.807) is 31.2 Å². The van der Waals surface area contributed by atoms with Crippen LogP contribution in [0.5, 0.6) is 0 Å². The van der Waals surface area contributed by atoms with Gasteiger partial charge in [-0.3, -0.25) is 0 Å². The quantitative estimate of drug-likeness (QED) is 0.338. The van der Waals surface area contributed by atoms with Crippen LogP contribution in [0.4, 0.5) is 17.6 Å². The van der Waals surface area contributed by atoms with Crippen molar-refractivity contribution < 1.29 is 0 Å². The van der Waals surface area contributed by atoms with Gasteiger partial charge in [0.2, 0.25) is 11.9 Å². The first-order valence-corrected chi connectivity index (χ1v) is 10.6. The molecule has 0 saturated heterocycles. The summed E-state index contributed by atoms with van der Waals surface area (Å²) in [7, 11) is 1.80. The van der Waals surface area contributed by atoms with Gasteiger partial charge in [-0.1, -0.05) is 23.9 Å². The first-order chi connectivity index (χ1) is 15.3. The van der Waals surface area contributed by atoms with Crippen LogP contribution in [0.15, 0.2) is 89.0 Å². The molecule has 8 heteroatoms. The standard InChI is InChI=1S/C23H19N7S/c1-24-22-26-14-12-18(28-22)17-5-4-13-25-21(17)31-16-10-8-15(9-11-16)27-23-29-19-6-2-3-7-20(19)30-23/h2-14H,1H3,(H,24,26,28)(H2,27,29,30). The number of imidazole rings is 1. The monoisotopic (exact) mass is 425 g/mol. The van der Waals surface area contributed by atoms with Crippen molar-refractivity contribution in [2.24, 2.45) is 0 Å². The Hall–Kier alpha value is -3.91. The molecule has 0 radical (unpaired) electrons. The summed E-state index contributed by atoms with van der Waals surface area (Å²) in [5.41, 5.74) is 4.70. The molecule has 0 saturated carbocycles. The smallest absolute Gasteiger partial charge is 0.222 e. The molecule has 31 heavy (non-hydrogen) atoms. The highest BCUT2D eigenvalue weighted by Crippen LogP contribution is 2.34. The van der Waals surface area contributed by atoms with Crippen LogP contribution in [-0.2, 0) is 0 Å². The average molecular weight is 426 g/mol. The number of fused-ring (bicyclic) bond motifs is 1. The molecule has 3 N–H and O–H groups in total. The number of hydrogen-bond acceptors (Lipinski definition) is 7. The molecule has 0 aliphatic heterocycles. The van der Waals surface area contributed by atoms with E-state index in [1.807, 2.05) is 54.6 Å². The van der Waals surface area contributed by atoms with Crippen LogP contribution in [0.1, 0.15) is 0 Å². The number of nitrogens with one attached hydrogen (secondary N) is 3. The van der Waals surface area contributed by atoms with Gasteiger partial charge in [0.15, 0.2) is 0 Å². The van der Waals surface area contributed by atoms with Crippen molar-refractivity contribution in [2.75, 3.05) is 17.7 Å². The Labute approximate surface area is 183 Å². The number of nitrogens with zero attached hydrogens (tertiary/aromatic N) is 4. The maximum Gasteiger partial charge on any atom is 0.222 e.